The number of alkyl halides is 1. The van der Waals surface area contributed by atoms with Crippen LogP contribution in [-0.2, 0) is 6.42 Å². The van der Waals surface area contributed by atoms with Gasteiger partial charge < -0.3 is 14.4 Å². The molecule has 0 radical (unpaired) electrons. The standard InChI is InChI=1S/C22H33FN2O2/c1-24-15-20-19-13-21(26-2)22(27-10-4-8-23)12-17(19)7-9-25(20)14-18(24)11-16-5-3-6-16/h12-13,16,18,20H,3-11,14-15H2,1-2H3/t18?,20-/m0/s1. The number of fused-ring (bicyclic) bond motifs is 3. The summed E-state index contributed by atoms with van der Waals surface area (Å²) in [6.45, 7) is 3.41. The molecule has 2 heterocycles. The lowest BCUT2D eigenvalue weighted by atomic mass is 9.79. The van der Waals surface area contributed by atoms with Crippen molar-refractivity contribution >= 4 is 0 Å². The van der Waals surface area contributed by atoms with Gasteiger partial charge in [-0.15, -0.1) is 0 Å². The average molecular weight is 377 g/mol. The van der Waals surface area contributed by atoms with Crippen LogP contribution in [0.25, 0.3) is 0 Å². The quantitative estimate of drug-likeness (QED) is 0.675. The number of ether oxygens (including phenoxy) is 2. The first-order valence-corrected chi connectivity index (χ1v) is 10.5. The Morgan fingerprint density at radius 2 is 2.04 bits per heavy atom. The summed E-state index contributed by atoms with van der Waals surface area (Å²) in [7, 11) is 3.98. The third kappa shape index (κ3) is 3.95. The second-order valence-corrected chi connectivity index (χ2v) is 8.48. The fourth-order valence-electron chi connectivity index (χ4n) is 4.90. The Kier molecular flexibility index (Phi) is 5.88. The molecule has 150 valence electrons. The number of rotatable bonds is 7. The molecule has 2 fully saturated rings. The minimum Gasteiger partial charge on any atom is -0.493 e. The molecule has 1 saturated heterocycles. The molecule has 4 rings (SSSR count). The summed E-state index contributed by atoms with van der Waals surface area (Å²) >= 11 is 0. The Balaban J connectivity index is 1.50. The minimum absolute atomic E-state index is 0.349. The lowest BCUT2D eigenvalue weighted by Gasteiger charge is -2.49. The number of halogens is 1. The third-order valence-corrected chi connectivity index (χ3v) is 6.79. The normalized spacial score (nSPS) is 26.2. The number of methoxy groups -OCH3 is 1. The van der Waals surface area contributed by atoms with Crippen LogP contribution in [0.5, 0.6) is 11.5 Å². The molecule has 4 nitrogen and oxygen atoms in total. The van der Waals surface area contributed by atoms with Crippen molar-refractivity contribution in [2.75, 3.05) is 47.1 Å². The van der Waals surface area contributed by atoms with E-state index in [1.165, 1.54) is 43.4 Å². The van der Waals surface area contributed by atoms with Gasteiger partial charge in [-0.25, -0.2) is 0 Å². The third-order valence-electron chi connectivity index (χ3n) is 6.79. The van der Waals surface area contributed by atoms with E-state index < -0.39 is 0 Å². The molecular formula is C22H33FN2O2. The SMILES string of the molecule is COc1cc2c(cc1OCCCF)CCN1CC(CC3CCC3)N(C)C[C@@H]21. The number of likely N-dealkylation sites (N-methyl/N-ethyl adjacent to an activating group) is 1. The Hall–Kier alpha value is -1.33. The van der Waals surface area contributed by atoms with Gasteiger partial charge in [0, 0.05) is 38.1 Å². The second kappa shape index (κ2) is 8.36. The van der Waals surface area contributed by atoms with Gasteiger partial charge in [-0.2, -0.15) is 0 Å². The maximum atomic E-state index is 12.4. The highest BCUT2D eigenvalue weighted by Crippen LogP contribution is 2.41. The summed E-state index contributed by atoms with van der Waals surface area (Å²) in [6, 6.07) is 5.42. The van der Waals surface area contributed by atoms with E-state index in [1.807, 2.05) is 0 Å². The Morgan fingerprint density at radius 1 is 1.19 bits per heavy atom. The Morgan fingerprint density at radius 3 is 2.74 bits per heavy atom. The summed E-state index contributed by atoms with van der Waals surface area (Å²) in [4.78, 5) is 5.25. The highest BCUT2D eigenvalue weighted by molar-refractivity contribution is 5.49. The number of nitrogens with zero attached hydrogens (tertiary/aromatic N) is 2. The molecule has 2 aliphatic heterocycles. The summed E-state index contributed by atoms with van der Waals surface area (Å²) in [6.07, 6.45) is 7.12. The molecule has 0 aromatic heterocycles. The smallest absolute Gasteiger partial charge is 0.161 e. The zero-order valence-corrected chi connectivity index (χ0v) is 16.8. The van der Waals surface area contributed by atoms with Crippen molar-refractivity contribution in [3.8, 4) is 11.5 Å². The van der Waals surface area contributed by atoms with Crippen molar-refractivity contribution in [1.29, 1.82) is 0 Å². The number of hydrogen-bond donors (Lipinski definition) is 0. The van der Waals surface area contributed by atoms with Gasteiger partial charge >= 0.3 is 0 Å². The lowest BCUT2D eigenvalue weighted by Crippen LogP contribution is -2.55. The monoisotopic (exact) mass is 376 g/mol. The van der Waals surface area contributed by atoms with E-state index in [4.69, 9.17) is 9.47 Å². The van der Waals surface area contributed by atoms with Gasteiger partial charge in [0.1, 0.15) is 0 Å². The van der Waals surface area contributed by atoms with Crippen LogP contribution in [0.2, 0.25) is 0 Å². The van der Waals surface area contributed by atoms with Gasteiger partial charge in [-0.3, -0.25) is 9.29 Å². The van der Waals surface area contributed by atoms with Gasteiger partial charge in [0.25, 0.3) is 0 Å². The predicted molar refractivity (Wildman–Crippen MR) is 105 cm³/mol. The maximum absolute atomic E-state index is 12.4. The van der Waals surface area contributed by atoms with Crippen molar-refractivity contribution in [1.82, 2.24) is 9.80 Å². The van der Waals surface area contributed by atoms with E-state index in [-0.39, 0.29) is 6.67 Å². The summed E-state index contributed by atoms with van der Waals surface area (Å²) in [5, 5.41) is 0. The van der Waals surface area contributed by atoms with Gasteiger partial charge in [-0.05, 0) is 49.1 Å². The van der Waals surface area contributed by atoms with Crippen molar-refractivity contribution in [3.05, 3.63) is 23.3 Å². The highest BCUT2D eigenvalue weighted by atomic mass is 19.1. The summed E-state index contributed by atoms with van der Waals surface area (Å²) in [5.41, 5.74) is 2.74. The summed E-state index contributed by atoms with van der Waals surface area (Å²) < 4.78 is 23.8. The first-order valence-electron chi connectivity index (χ1n) is 10.5. The molecule has 2 atom stereocenters. The average Bonchev–Trinajstić information content (AvgIpc) is 2.64. The second-order valence-electron chi connectivity index (χ2n) is 8.48. The lowest BCUT2D eigenvalue weighted by molar-refractivity contribution is 0.0217. The zero-order valence-electron chi connectivity index (χ0n) is 16.8. The summed E-state index contributed by atoms with van der Waals surface area (Å²) in [5.74, 6) is 2.48. The molecular weight excluding hydrogens is 343 g/mol. The van der Waals surface area contributed by atoms with Crippen LogP contribution < -0.4 is 9.47 Å². The first-order chi connectivity index (χ1) is 13.2. The molecule has 0 amide bonds. The predicted octanol–water partition coefficient (Wildman–Crippen LogP) is 3.84. The van der Waals surface area contributed by atoms with Crippen molar-refractivity contribution in [3.63, 3.8) is 0 Å². The molecule has 0 bridgehead atoms. The molecule has 1 aromatic rings. The van der Waals surface area contributed by atoms with Gasteiger partial charge in [0.15, 0.2) is 11.5 Å². The van der Waals surface area contributed by atoms with Crippen molar-refractivity contribution in [2.45, 2.75) is 50.6 Å². The topological polar surface area (TPSA) is 24.9 Å². The van der Waals surface area contributed by atoms with E-state index >= 15 is 0 Å². The van der Waals surface area contributed by atoms with Crippen molar-refractivity contribution < 1.29 is 13.9 Å². The number of piperazine rings is 1. The molecule has 27 heavy (non-hydrogen) atoms. The molecule has 1 saturated carbocycles. The number of benzene rings is 1. The van der Waals surface area contributed by atoms with E-state index in [0.717, 1.165) is 36.9 Å². The van der Waals surface area contributed by atoms with Crippen LogP contribution in [0, 0.1) is 5.92 Å². The van der Waals surface area contributed by atoms with Crippen LogP contribution >= 0.6 is 0 Å². The number of hydrogen-bond acceptors (Lipinski definition) is 4. The van der Waals surface area contributed by atoms with E-state index in [9.17, 15) is 4.39 Å². The minimum atomic E-state index is -0.349. The molecule has 0 spiro atoms. The molecule has 0 N–H and O–H groups in total. The van der Waals surface area contributed by atoms with Crippen LogP contribution in [0.1, 0.15) is 49.3 Å². The fraction of sp³-hybridized carbons (Fsp3) is 0.727. The highest BCUT2D eigenvalue weighted by Gasteiger charge is 2.38. The molecule has 1 aliphatic carbocycles. The fourth-order valence-corrected chi connectivity index (χ4v) is 4.90. The molecule has 3 aliphatic rings. The van der Waals surface area contributed by atoms with Gasteiger partial charge in [0.05, 0.1) is 20.4 Å². The Bertz CT molecular complexity index is 649. The molecule has 1 aromatic carbocycles. The first kappa shape index (κ1) is 19.0. The van der Waals surface area contributed by atoms with Crippen LogP contribution in [0.3, 0.4) is 0 Å². The van der Waals surface area contributed by atoms with Crippen molar-refractivity contribution in [2.24, 2.45) is 5.92 Å². The van der Waals surface area contributed by atoms with Crippen LogP contribution in [0.4, 0.5) is 4.39 Å². The van der Waals surface area contributed by atoms with E-state index in [0.29, 0.717) is 25.1 Å². The van der Waals surface area contributed by atoms with E-state index in [1.54, 1.807) is 7.11 Å². The zero-order chi connectivity index (χ0) is 18.8. The van der Waals surface area contributed by atoms with Crippen LogP contribution in [-0.4, -0.2) is 62.9 Å². The van der Waals surface area contributed by atoms with Crippen LogP contribution in [0.15, 0.2) is 12.1 Å². The van der Waals surface area contributed by atoms with Gasteiger partial charge in [0.2, 0.25) is 0 Å². The largest absolute Gasteiger partial charge is 0.493 e. The molecule has 1 unspecified atom stereocenters. The Labute approximate surface area is 162 Å². The molecule has 5 heteroatoms. The van der Waals surface area contributed by atoms with E-state index in [2.05, 4.69) is 29.0 Å². The van der Waals surface area contributed by atoms with Gasteiger partial charge in [-0.1, -0.05) is 19.3 Å². The maximum Gasteiger partial charge on any atom is 0.161 e.